The predicted molar refractivity (Wildman–Crippen MR) is 93.3 cm³/mol. The average Bonchev–Trinajstić information content (AvgIpc) is 3.20. The van der Waals surface area contributed by atoms with Gasteiger partial charge in [0.15, 0.2) is 23.0 Å². The number of carbonyl (C=O) groups is 1. The number of rotatable bonds is 2. The molecule has 3 heterocycles. The lowest BCUT2D eigenvalue weighted by Crippen LogP contribution is -2.47. The maximum atomic E-state index is 13.3. The Bertz CT molecular complexity index is 954. The van der Waals surface area contributed by atoms with Crippen LogP contribution in [0.15, 0.2) is 24.3 Å². The van der Waals surface area contributed by atoms with Crippen molar-refractivity contribution >= 4 is 5.91 Å². The molecule has 3 aliphatic heterocycles. The highest BCUT2D eigenvalue weighted by atomic mass is 16.7. The molecule has 26 heavy (non-hydrogen) atoms. The van der Waals surface area contributed by atoms with Crippen molar-refractivity contribution in [2.75, 3.05) is 27.6 Å². The number of benzene rings is 2. The predicted octanol–water partition coefficient (Wildman–Crippen LogP) is 2.71. The van der Waals surface area contributed by atoms with E-state index in [1.807, 2.05) is 29.2 Å². The molecule has 1 atom stereocenters. The summed E-state index contributed by atoms with van der Waals surface area (Å²) in [6.07, 6.45) is 0.779. The van der Waals surface area contributed by atoms with E-state index in [9.17, 15) is 4.79 Å². The van der Waals surface area contributed by atoms with Gasteiger partial charge in [0.25, 0.3) is 5.91 Å². The second-order valence-electron chi connectivity index (χ2n) is 6.87. The lowest BCUT2D eigenvalue weighted by atomic mass is 9.78. The first-order chi connectivity index (χ1) is 12.6. The third-order valence-corrected chi connectivity index (χ3v) is 5.80. The fourth-order valence-corrected chi connectivity index (χ4v) is 4.52. The summed E-state index contributed by atoms with van der Waals surface area (Å²) in [5.41, 5.74) is 3.20. The highest BCUT2D eigenvalue weighted by molar-refractivity contribution is 6.04. The Labute approximate surface area is 151 Å². The second-order valence-corrected chi connectivity index (χ2v) is 6.87. The van der Waals surface area contributed by atoms with Crippen molar-refractivity contribution in [3.05, 3.63) is 46.5 Å². The number of amides is 1. The molecular formula is C20H19NO5. The molecule has 3 aliphatic rings. The summed E-state index contributed by atoms with van der Waals surface area (Å²) in [7, 11) is 3.14. The van der Waals surface area contributed by atoms with E-state index in [1.165, 1.54) is 5.56 Å². The van der Waals surface area contributed by atoms with E-state index < -0.39 is 5.54 Å². The Morgan fingerprint density at radius 1 is 1.08 bits per heavy atom. The summed E-state index contributed by atoms with van der Waals surface area (Å²) in [5, 5.41) is 0. The van der Waals surface area contributed by atoms with E-state index in [0.29, 0.717) is 23.6 Å². The van der Waals surface area contributed by atoms with Crippen LogP contribution in [0.2, 0.25) is 0 Å². The quantitative estimate of drug-likeness (QED) is 0.831. The molecule has 1 amide bonds. The van der Waals surface area contributed by atoms with Crippen LogP contribution in [0.4, 0.5) is 0 Å². The zero-order valence-corrected chi connectivity index (χ0v) is 14.9. The van der Waals surface area contributed by atoms with Gasteiger partial charge in [-0.05, 0) is 48.2 Å². The third-order valence-electron chi connectivity index (χ3n) is 5.80. The number of nitrogens with zero attached hydrogens (tertiary/aromatic N) is 1. The van der Waals surface area contributed by atoms with Gasteiger partial charge in [-0.1, -0.05) is 6.07 Å². The molecular weight excluding hydrogens is 334 g/mol. The summed E-state index contributed by atoms with van der Waals surface area (Å²) >= 11 is 0. The minimum atomic E-state index is -0.569. The van der Waals surface area contributed by atoms with E-state index in [-0.39, 0.29) is 12.7 Å². The van der Waals surface area contributed by atoms with Gasteiger partial charge in [0.2, 0.25) is 6.79 Å². The fraction of sp³-hybridized carbons (Fsp3) is 0.350. The van der Waals surface area contributed by atoms with Gasteiger partial charge in [-0.25, -0.2) is 0 Å². The topological polar surface area (TPSA) is 57.2 Å². The normalized spacial score (nSPS) is 22.0. The molecule has 5 rings (SSSR count). The zero-order chi connectivity index (χ0) is 18.1. The van der Waals surface area contributed by atoms with Gasteiger partial charge in [0, 0.05) is 6.54 Å². The molecule has 0 bridgehead atoms. The highest BCUT2D eigenvalue weighted by Gasteiger charge is 2.52. The molecule has 1 unspecified atom stereocenters. The molecule has 6 nitrogen and oxygen atoms in total. The third kappa shape index (κ3) is 1.69. The van der Waals surface area contributed by atoms with Crippen molar-refractivity contribution in [2.24, 2.45) is 0 Å². The molecule has 0 saturated carbocycles. The molecule has 0 aliphatic carbocycles. The zero-order valence-electron chi connectivity index (χ0n) is 14.9. The van der Waals surface area contributed by atoms with Crippen molar-refractivity contribution in [2.45, 2.75) is 18.9 Å². The van der Waals surface area contributed by atoms with Crippen LogP contribution >= 0.6 is 0 Å². The largest absolute Gasteiger partial charge is 0.493 e. The Morgan fingerprint density at radius 3 is 2.58 bits per heavy atom. The number of ether oxygens (including phenoxy) is 4. The molecule has 2 aromatic rings. The van der Waals surface area contributed by atoms with E-state index in [1.54, 1.807) is 14.2 Å². The molecule has 0 spiro atoms. The van der Waals surface area contributed by atoms with Crippen LogP contribution in [-0.4, -0.2) is 38.4 Å². The second kappa shape index (κ2) is 5.06. The lowest BCUT2D eigenvalue weighted by molar-refractivity contribution is 0.0629. The monoisotopic (exact) mass is 353 g/mol. The number of hydrogen-bond donors (Lipinski definition) is 0. The van der Waals surface area contributed by atoms with Gasteiger partial charge < -0.3 is 23.8 Å². The minimum Gasteiger partial charge on any atom is -0.493 e. The van der Waals surface area contributed by atoms with Gasteiger partial charge in [0.05, 0.1) is 25.3 Å². The van der Waals surface area contributed by atoms with Crippen LogP contribution in [0.25, 0.3) is 0 Å². The number of hydrogen-bond acceptors (Lipinski definition) is 5. The van der Waals surface area contributed by atoms with Crippen molar-refractivity contribution in [3.63, 3.8) is 0 Å². The Kier molecular flexibility index (Phi) is 2.99. The molecule has 0 N–H and O–H groups in total. The smallest absolute Gasteiger partial charge is 0.259 e. The van der Waals surface area contributed by atoms with E-state index >= 15 is 0 Å². The van der Waals surface area contributed by atoms with Gasteiger partial charge in [-0.15, -0.1) is 0 Å². The number of methoxy groups -OCH3 is 2. The van der Waals surface area contributed by atoms with Crippen molar-refractivity contribution in [1.82, 2.24) is 4.90 Å². The summed E-state index contributed by atoms with van der Waals surface area (Å²) in [6, 6.07) is 7.89. The Hall–Kier alpha value is -2.89. The molecule has 134 valence electrons. The van der Waals surface area contributed by atoms with E-state index in [0.717, 1.165) is 29.0 Å². The van der Waals surface area contributed by atoms with Gasteiger partial charge in [-0.3, -0.25) is 4.79 Å². The first-order valence-corrected chi connectivity index (χ1v) is 8.60. The van der Waals surface area contributed by atoms with Crippen LogP contribution in [0, 0.1) is 0 Å². The summed E-state index contributed by atoms with van der Waals surface area (Å²) < 4.78 is 22.0. The molecule has 6 heteroatoms. The van der Waals surface area contributed by atoms with Gasteiger partial charge in [0.1, 0.15) is 0 Å². The van der Waals surface area contributed by atoms with Crippen LogP contribution in [-0.2, 0) is 12.0 Å². The average molecular weight is 353 g/mol. The molecule has 0 aromatic heterocycles. The van der Waals surface area contributed by atoms with Crippen molar-refractivity contribution in [3.8, 4) is 23.0 Å². The first kappa shape index (κ1) is 15.4. The molecule has 0 fully saturated rings. The number of carbonyl (C=O) groups excluding carboxylic acids is 1. The molecule has 0 radical (unpaired) electrons. The van der Waals surface area contributed by atoms with Crippen LogP contribution in [0.3, 0.4) is 0 Å². The van der Waals surface area contributed by atoms with Crippen molar-refractivity contribution in [1.29, 1.82) is 0 Å². The summed E-state index contributed by atoms with van der Waals surface area (Å²) in [5.74, 6) is 2.54. The molecule has 2 aromatic carbocycles. The first-order valence-electron chi connectivity index (χ1n) is 8.60. The van der Waals surface area contributed by atoms with Crippen LogP contribution < -0.4 is 18.9 Å². The van der Waals surface area contributed by atoms with Gasteiger partial charge >= 0.3 is 0 Å². The standard InChI is InChI=1S/C20H19NO5/c1-20-12-4-5-14(23-2)18(24-3)17(12)19(22)21(20)7-6-11-8-15-16(9-13(11)20)26-10-25-15/h4-5,8-9H,6-7,10H2,1-3H3. The van der Waals surface area contributed by atoms with E-state index in [4.69, 9.17) is 18.9 Å². The maximum Gasteiger partial charge on any atom is 0.259 e. The Morgan fingerprint density at radius 2 is 1.85 bits per heavy atom. The molecule has 0 saturated heterocycles. The fourth-order valence-electron chi connectivity index (χ4n) is 4.52. The SMILES string of the molecule is COc1ccc2c(c1OC)C(=O)N1CCc3cc4c(cc3C21C)OCO4. The highest BCUT2D eigenvalue weighted by Crippen LogP contribution is 2.53. The Balaban J connectivity index is 1.78. The summed E-state index contributed by atoms with van der Waals surface area (Å²) in [4.78, 5) is 15.2. The van der Waals surface area contributed by atoms with Gasteiger partial charge in [-0.2, -0.15) is 0 Å². The van der Waals surface area contributed by atoms with Crippen LogP contribution in [0.5, 0.6) is 23.0 Å². The lowest BCUT2D eigenvalue weighted by Gasteiger charge is -2.41. The maximum absolute atomic E-state index is 13.3. The van der Waals surface area contributed by atoms with Crippen molar-refractivity contribution < 1.29 is 23.7 Å². The van der Waals surface area contributed by atoms with E-state index in [2.05, 4.69) is 6.92 Å². The minimum absolute atomic E-state index is 0.0263. The van der Waals surface area contributed by atoms with Crippen LogP contribution in [0.1, 0.15) is 34.0 Å². The summed E-state index contributed by atoms with van der Waals surface area (Å²) in [6.45, 7) is 2.96. The number of fused-ring (bicyclic) bond motifs is 6.